The highest BCUT2D eigenvalue weighted by Crippen LogP contribution is 2.15. The molecule has 0 bridgehead atoms. The van der Waals surface area contributed by atoms with E-state index in [0.717, 1.165) is 19.4 Å². The fourth-order valence-electron chi connectivity index (χ4n) is 1.53. The zero-order valence-electron chi connectivity index (χ0n) is 7.13. The highest BCUT2D eigenvalue weighted by molar-refractivity contribution is 5.80. The van der Waals surface area contributed by atoms with E-state index in [1.54, 1.807) is 6.19 Å². The summed E-state index contributed by atoms with van der Waals surface area (Å²) < 4.78 is 0. The van der Waals surface area contributed by atoms with E-state index in [1.165, 1.54) is 0 Å². The molecule has 1 rings (SSSR count). The minimum Gasteiger partial charge on any atom is -0.314 e. The van der Waals surface area contributed by atoms with Gasteiger partial charge in [-0.2, -0.15) is 5.26 Å². The Morgan fingerprint density at radius 2 is 2.50 bits per heavy atom. The number of carbonyl (C=O) groups excluding carboxylic acids is 1. The van der Waals surface area contributed by atoms with Crippen molar-refractivity contribution in [3.05, 3.63) is 0 Å². The van der Waals surface area contributed by atoms with Crippen molar-refractivity contribution in [3.8, 4) is 6.19 Å². The molecule has 0 saturated carbocycles. The average molecular weight is 167 g/mol. The Hall–Kier alpha value is -1.08. The lowest BCUT2D eigenvalue weighted by Gasteiger charge is -2.25. The van der Waals surface area contributed by atoms with E-state index in [0.29, 0.717) is 6.04 Å². The van der Waals surface area contributed by atoms with Gasteiger partial charge in [0.05, 0.1) is 0 Å². The highest BCUT2D eigenvalue weighted by Gasteiger charge is 2.24. The molecular weight excluding hydrogens is 154 g/mol. The number of piperidine rings is 1. The minimum absolute atomic E-state index is 0.0147. The van der Waals surface area contributed by atoms with Crippen molar-refractivity contribution in [2.45, 2.75) is 25.8 Å². The summed E-state index contributed by atoms with van der Waals surface area (Å²) in [5.74, 6) is -0.119. The highest BCUT2D eigenvalue weighted by atomic mass is 16.1. The number of rotatable bonds is 1. The molecule has 4 heteroatoms. The molecule has 2 unspecified atom stereocenters. The normalized spacial score (nSPS) is 29.0. The van der Waals surface area contributed by atoms with Gasteiger partial charge in [-0.3, -0.25) is 10.1 Å². The summed E-state index contributed by atoms with van der Waals surface area (Å²) in [6.07, 6.45) is 3.32. The first kappa shape index (κ1) is 9.01. The van der Waals surface area contributed by atoms with Crippen LogP contribution in [-0.4, -0.2) is 18.5 Å². The number of nitrogens with one attached hydrogen (secondary N) is 2. The third-order valence-electron chi connectivity index (χ3n) is 2.17. The maximum atomic E-state index is 11.2. The zero-order valence-corrected chi connectivity index (χ0v) is 7.13. The van der Waals surface area contributed by atoms with Crippen LogP contribution in [0.25, 0.3) is 0 Å². The Bertz CT molecular complexity index is 209. The van der Waals surface area contributed by atoms with Gasteiger partial charge in [0.2, 0.25) is 5.91 Å². The molecule has 0 aromatic rings. The van der Waals surface area contributed by atoms with E-state index in [-0.39, 0.29) is 11.8 Å². The fraction of sp³-hybridized carbons (Fsp3) is 0.750. The third-order valence-corrected chi connectivity index (χ3v) is 2.17. The Balaban J connectivity index is 2.41. The molecule has 1 saturated heterocycles. The molecule has 2 atom stereocenters. The largest absolute Gasteiger partial charge is 0.314 e. The van der Waals surface area contributed by atoms with Gasteiger partial charge in [0, 0.05) is 12.0 Å². The lowest BCUT2D eigenvalue weighted by Crippen LogP contribution is -2.41. The van der Waals surface area contributed by atoms with Gasteiger partial charge in [-0.15, -0.1) is 0 Å². The number of hydrogen-bond donors (Lipinski definition) is 2. The van der Waals surface area contributed by atoms with Gasteiger partial charge in [-0.1, -0.05) is 0 Å². The molecule has 0 spiro atoms. The number of hydrogen-bond acceptors (Lipinski definition) is 3. The molecule has 66 valence electrons. The van der Waals surface area contributed by atoms with Gasteiger partial charge in [0.25, 0.3) is 0 Å². The fourth-order valence-corrected chi connectivity index (χ4v) is 1.53. The number of nitrogens with zero attached hydrogens (tertiary/aromatic N) is 1. The molecule has 1 heterocycles. The van der Waals surface area contributed by atoms with Crippen molar-refractivity contribution in [1.29, 1.82) is 5.26 Å². The molecule has 0 aromatic carbocycles. The summed E-state index contributed by atoms with van der Waals surface area (Å²) in [7, 11) is 0. The molecule has 1 amide bonds. The second-order valence-corrected chi connectivity index (χ2v) is 3.18. The average Bonchev–Trinajstić information content (AvgIpc) is 2.05. The lowest BCUT2D eigenvalue weighted by atomic mass is 9.93. The van der Waals surface area contributed by atoms with Gasteiger partial charge in [-0.25, -0.2) is 0 Å². The topological polar surface area (TPSA) is 64.9 Å². The predicted octanol–water partition coefficient (Wildman–Crippen LogP) is -0.0282. The number of nitriles is 1. The van der Waals surface area contributed by atoms with Gasteiger partial charge < -0.3 is 5.32 Å². The van der Waals surface area contributed by atoms with Crippen LogP contribution >= 0.6 is 0 Å². The first-order valence-electron chi connectivity index (χ1n) is 4.16. The van der Waals surface area contributed by atoms with E-state index in [4.69, 9.17) is 5.26 Å². The molecule has 1 aliphatic heterocycles. The lowest BCUT2D eigenvalue weighted by molar-refractivity contribution is -0.124. The molecular formula is C8H13N3O. The predicted molar refractivity (Wildman–Crippen MR) is 43.9 cm³/mol. The van der Waals surface area contributed by atoms with Crippen molar-refractivity contribution in [3.63, 3.8) is 0 Å². The third kappa shape index (κ3) is 2.21. The molecule has 1 fully saturated rings. The molecule has 2 N–H and O–H groups in total. The summed E-state index contributed by atoms with van der Waals surface area (Å²) in [5.41, 5.74) is 0. The molecule has 4 nitrogen and oxygen atoms in total. The zero-order chi connectivity index (χ0) is 8.97. The van der Waals surface area contributed by atoms with Crippen LogP contribution in [0.3, 0.4) is 0 Å². The van der Waals surface area contributed by atoms with Gasteiger partial charge in [0.15, 0.2) is 6.19 Å². The van der Waals surface area contributed by atoms with Crippen LogP contribution in [0, 0.1) is 17.4 Å². The second-order valence-electron chi connectivity index (χ2n) is 3.18. The minimum atomic E-state index is -0.133. The van der Waals surface area contributed by atoms with Crippen molar-refractivity contribution in [2.75, 3.05) is 6.54 Å². The Morgan fingerprint density at radius 1 is 1.75 bits per heavy atom. The van der Waals surface area contributed by atoms with E-state index in [1.807, 2.05) is 6.92 Å². The van der Waals surface area contributed by atoms with Crippen molar-refractivity contribution in [2.24, 2.45) is 5.92 Å². The van der Waals surface area contributed by atoms with Crippen LogP contribution in [0.15, 0.2) is 0 Å². The molecule has 12 heavy (non-hydrogen) atoms. The Labute approximate surface area is 71.9 Å². The summed E-state index contributed by atoms with van der Waals surface area (Å²) in [4.78, 5) is 11.2. The maximum absolute atomic E-state index is 11.2. The van der Waals surface area contributed by atoms with Gasteiger partial charge in [0.1, 0.15) is 0 Å². The van der Waals surface area contributed by atoms with E-state index >= 15 is 0 Å². The van der Waals surface area contributed by atoms with Crippen LogP contribution in [0.5, 0.6) is 0 Å². The van der Waals surface area contributed by atoms with Crippen LogP contribution in [0.2, 0.25) is 0 Å². The first-order chi connectivity index (χ1) is 5.74. The Kier molecular flexibility index (Phi) is 3.06. The summed E-state index contributed by atoms with van der Waals surface area (Å²) in [6, 6.07) is 0.383. The monoisotopic (exact) mass is 167 g/mol. The molecule has 1 aliphatic rings. The smallest absolute Gasteiger partial charge is 0.236 e. The van der Waals surface area contributed by atoms with E-state index in [9.17, 15) is 4.79 Å². The van der Waals surface area contributed by atoms with Crippen molar-refractivity contribution in [1.82, 2.24) is 10.6 Å². The van der Waals surface area contributed by atoms with Crippen molar-refractivity contribution < 1.29 is 4.79 Å². The van der Waals surface area contributed by atoms with E-state index < -0.39 is 0 Å². The van der Waals surface area contributed by atoms with Crippen molar-refractivity contribution >= 4 is 5.91 Å². The van der Waals surface area contributed by atoms with Gasteiger partial charge in [-0.05, 0) is 26.3 Å². The van der Waals surface area contributed by atoms with Crippen LogP contribution < -0.4 is 10.6 Å². The summed E-state index contributed by atoms with van der Waals surface area (Å²) in [5, 5.41) is 13.7. The van der Waals surface area contributed by atoms with Crippen LogP contribution in [0.1, 0.15) is 19.8 Å². The molecule has 0 aromatic heterocycles. The maximum Gasteiger partial charge on any atom is 0.236 e. The second kappa shape index (κ2) is 4.07. The first-order valence-corrected chi connectivity index (χ1v) is 4.16. The molecule has 0 aliphatic carbocycles. The number of amides is 1. The quantitative estimate of drug-likeness (QED) is 0.426. The summed E-state index contributed by atoms with van der Waals surface area (Å²) in [6.45, 7) is 2.91. The van der Waals surface area contributed by atoms with Crippen LogP contribution in [-0.2, 0) is 4.79 Å². The molecule has 0 radical (unpaired) electrons. The SMILES string of the molecule is CC1CC(C(=O)NC#N)CCN1. The Morgan fingerprint density at radius 3 is 3.08 bits per heavy atom. The van der Waals surface area contributed by atoms with E-state index in [2.05, 4.69) is 10.6 Å². The van der Waals surface area contributed by atoms with Gasteiger partial charge >= 0.3 is 0 Å². The standard InChI is InChI=1S/C8H13N3O/c1-6-4-7(2-3-10-6)8(12)11-5-9/h6-7,10H,2-4H2,1H3,(H,11,12). The number of carbonyl (C=O) groups is 1. The summed E-state index contributed by atoms with van der Waals surface area (Å²) >= 11 is 0. The van der Waals surface area contributed by atoms with Crippen LogP contribution in [0.4, 0.5) is 0 Å².